The molecule has 5 atom stereocenters. The van der Waals surface area contributed by atoms with Gasteiger partial charge in [-0.25, -0.2) is 9.59 Å². The molecule has 180 valence electrons. The first-order valence-corrected chi connectivity index (χ1v) is 10.5. The van der Waals surface area contributed by atoms with Crippen LogP contribution in [0.25, 0.3) is 0 Å². The maximum atomic E-state index is 12.9. The van der Waals surface area contributed by atoms with Gasteiger partial charge < -0.3 is 9.47 Å². The number of benzene rings is 1. The molecule has 0 heterocycles. The predicted octanol–water partition coefficient (Wildman–Crippen LogP) is 4.66. The van der Waals surface area contributed by atoms with Gasteiger partial charge in [-0.15, -0.1) is 0 Å². The van der Waals surface area contributed by atoms with Gasteiger partial charge >= 0.3 is 24.3 Å². The number of carbonyl (C=O) groups excluding carboxylic acids is 3. The highest BCUT2D eigenvalue weighted by molar-refractivity contribution is 5.93. The molecule has 1 aromatic rings. The number of Topliss-reactive ketones (excluding diaryl/α,β-unsaturated/α-hetero) is 1. The van der Waals surface area contributed by atoms with E-state index in [0.717, 1.165) is 11.1 Å². The van der Waals surface area contributed by atoms with E-state index in [4.69, 9.17) is 0 Å². The highest BCUT2D eigenvalue weighted by Gasteiger charge is 2.60. The second-order valence-corrected chi connectivity index (χ2v) is 9.11. The molecule has 33 heavy (non-hydrogen) atoms. The van der Waals surface area contributed by atoms with Gasteiger partial charge in [-0.2, -0.15) is 26.3 Å². The minimum Gasteiger partial charge on any atom is -0.448 e. The maximum absolute atomic E-state index is 12.9. The standard InChI is InChI=1S/C22H20F6O5/c1-20-7-6-13-12-5-3-11(32-18(30)21(23,24)25)8-10(12)2-4-14(13)15(20)9-16(17(20)29)33-19(31)22(26,27)28/h3,5,8,13-16H,2,4,6-7,9H2,1H3/t13-,14-,15+,16?,20+/m1/s1. The van der Waals surface area contributed by atoms with Crippen molar-refractivity contribution in [3.63, 3.8) is 0 Å². The van der Waals surface area contributed by atoms with Crippen molar-refractivity contribution in [3.05, 3.63) is 29.3 Å². The van der Waals surface area contributed by atoms with Crippen LogP contribution in [0.1, 0.15) is 49.7 Å². The van der Waals surface area contributed by atoms with Crippen LogP contribution in [0.3, 0.4) is 0 Å². The lowest BCUT2D eigenvalue weighted by molar-refractivity contribution is -0.204. The third-order valence-electron chi connectivity index (χ3n) is 7.33. The van der Waals surface area contributed by atoms with Crippen LogP contribution in [0.15, 0.2) is 18.2 Å². The Labute approximate surface area is 184 Å². The highest BCUT2D eigenvalue weighted by Crippen LogP contribution is 2.60. The SMILES string of the molecule is C[C@]12CC[C@@H]3c4ccc(OC(=O)C(F)(F)F)cc4CC[C@H]3[C@@H]1CC(OC(=O)C(F)(F)F)C2=O. The fourth-order valence-corrected chi connectivity index (χ4v) is 5.85. The van der Waals surface area contributed by atoms with Gasteiger partial charge in [-0.3, -0.25) is 4.79 Å². The molecule has 0 spiro atoms. The second-order valence-electron chi connectivity index (χ2n) is 9.11. The van der Waals surface area contributed by atoms with Crippen LogP contribution in [-0.2, 0) is 25.5 Å². The molecule has 3 aliphatic rings. The molecule has 0 N–H and O–H groups in total. The number of halogens is 6. The van der Waals surface area contributed by atoms with Crippen molar-refractivity contribution >= 4 is 17.7 Å². The number of ketones is 1. The molecule has 1 unspecified atom stereocenters. The number of hydrogen-bond acceptors (Lipinski definition) is 5. The Morgan fingerprint density at radius 3 is 2.33 bits per heavy atom. The summed E-state index contributed by atoms with van der Waals surface area (Å²) < 4.78 is 84.2. The van der Waals surface area contributed by atoms with Crippen molar-refractivity contribution in [3.8, 4) is 5.75 Å². The Bertz CT molecular complexity index is 1000. The molecule has 2 fully saturated rings. The first kappa shape index (κ1) is 23.6. The molecule has 4 rings (SSSR count). The van der Waals surface area contributed by atoms with Crippen LogP contribution in [0.5, 0.6) is 5.75 Å². The van der Waals surface area contributed by atoms with Gasteiger partial charge in [0.2, 0.25) is 0 Å². The highest BCUT2D eigenvalue weighted by atomic mass is 19.4. The van der Waals surface area contributed by atoms with Gasteiger partial charge in [0.05, 0.1) is 0 Å². The lowest BCUT2D eigenvalue weighted by atomic mass is 9.55. The molecule has 2 saturated carbocycles. The molecule has 0 aromatic heterocycles. The Hall–Kier alpha value is -2.59. The molecule has 5 nitrogen and oxygen atoms in total. The summed E-state index contributed by atoms with van der Waals surface area (Å²) in [5.74, 6) is -5.80. The fourth-order valence-electron chi connectivity index (χ4n) is 5.85. The van der Waals surface area contributed by atoms with E-state index in [0.29, 0.717) is 25.7 Å². The number of fused-ring (bicyclic) bond motifs is 5. The average Bonchev–Trinajstić information content (AvgIpc) is 2.97. The van der Waals surface area contributed by atoms with Gasteiger partial charge in [0, 0.05) is 5.41 Å². The summed E-state index contributed by atoms with van der Waals surface area (Å²) in [5.41, 5.74) is 0.692. The van der Waals surface area contributed by atoms with Gasteiger partial charge in [0.25, 0.3) is 0 Å². The van der Waals surface area contributed by atoms with Crippen LogP contribution < -0.4 is 4.74 Å². The van der Waals surface area contributed by atoms with E-state index in [-0.39, 0.29) is 29.9 Å². The van der Waals surface area contributed by atoms with Crippen molar-refractivity contribution < 1.29 is 50.2 Å². The number of carbonyl (C=O) groups is 3. The normalized spacial score (nSPS) is 31.3. The summed E-state index contributed by atoms with van der Waals surface area (Å²) in [4.78, 5) is 35.3. The van der Waals surface area contributed by atoms with Crippen molar-refractivity contribution in [1.29, 1.82) is 0 Å². The summed E-state index contributed by atoms with van der Waals surface area (Å²) in [7, 11) is 0. The number of esters is 2. The van der Waals surface area contributed by atoms with E-state index in [2.05, 4.69) is 9.47 Å². The van der Waals surface area contributed by atoms with Crippen LogP contribution in [0.4, 0.5) is 26.3 Å². The predicted molar refractivity (Wildman–Crippen MR) is 99.1 cm³/mol. The number of hydrogen-bond donors (Lipinski definition) is 0. The monoisotopic (exact) mass is 478 g/mol. The Kier molecular flexibility index (Phi) is 5.52. The van der Waals surface area contributed by atoms with Crippen molar-refractivity contribution in [2.24, 2.45) is 17.3 Å². The quantitative estimate of drug-likeness (QED) is 0.351. The number of alkyl halides is 6. The van der Waals surface area contributed by atoms with E-state index in [1.807, 2.05) is 0 Å². The molecule has 0 amide bonds. The van der Waals surface area contributed by atoms with Crippen LogP contribution in [-0.4, -0.2) is 36.2 Å². The van der Waals surface area contributed by atoms with Crippen molar-refractivity contribution in [1.82, 2.24) is 0 Å². The van der Waals surface area contributed by atoms with Gasteiger partial charge in [-0.05, 0) is 73.1 Å². The lowest BCUT2D eigenvalue weighted by Crippen LogP contribution is -2.43. The lowest BCUT2D eigenvalue weighted by Gasteiger charge is -2.48. The van der Waals surface area contributed by atoms with Gasteiger partial charge in [0.15, 0.2) is 11.9 Å². The molecule has 3 aliphatic carbocycles. The molecule has 1 aromatic carbocycles. The molecule has 0 bridgehead atoms. The summed E-state index contributed by atoms with van der Waals surface area (Å²) >= 11 is 0. The van der Waals surface area contributed by atoms with Crippen LogP contribution >= 0.6 is 0 Å². The minimum absolute atomic E-state index is 0.00886. The zero-order chi connectivity index (χ0) is 24.3. The van der Waals surface area contributed by atoms with Crippen molar-refractivity contribution in [2.45, 2.75) is 63.4 Å². The molecule has 0 radical (unpaired) electrons. The summed E-state index contributed by atoms with van der Waals surface area (Å²) in [6.45, 7) is 1.70. The molecule has 0 saturated heterocycles. The third-order valence-corrected chi connectivity index (χ3v) is 7.33. The van der Waals surface area contributed by atoms with Crippen LogP contribution in [0.2, 0.25) is 0 Å². The largest absolute Gasteiger partial charge is 0.491 e. The Morgan fingerprint density at radius 2 is 1.70 bits per heavy atom. The summed E-state index contributed by atoms with van der Waals surface area (Å²) in [6.07, 6.45) is -9.79. The first-order valence-electron chi connectivity index (χ1n) is 10.5. The second kappa shape index (κ2) is 7.73. The van der Waals surface area contributed by atoms with E-state index >= 15 is 0 Å². The number of rotatable bonds is 2. The zero-order valence-corrected chi connectivity index (χ0v) is 17.4. The zero-order valence-electron chi connectivity index (χ0n) is 17.4. The van der Waals surface area contributed by atoms with E-state index in [1.165, 1.54) is 12.1 Å². The Morgan fingerprint density at radius 1 is 1.03 bits per heavy atom. The van der Waals surface area contributed by atoms with E-state index in [1.54, 1.807) is 13.0 Å². The number of ether oxygens (including phenoxy) is 2. The molecule has 11 heteroatoms. The van der Waals surface area contributed by atoms with Crippen molar-refractivity contribution in [2.75, 3.05) is 0 Å². The van der Waals surface area contributed by atoms with E-state index in [9.17, 15) is 40.7 Å². The third kappa shape index (κ3) is 4.10. The molecular weight excluding hydrogens is 458 g/mol. The maximum Gasteiger partial charge on any atom is 0.491 e. The van der Waals surface area contributed by atoms with Crippen LogP contribution in [0, 0.1) is 17.3 Å². The summed E-state index contributed by atoms with van der Waals surface area (Å²) in [6, 6.07) is 4.29. The van der Waals surface area contributed by atoms with Gasteiger partial charge in [0.1, 0.15) is 5.75 Å². The van der Waals surface area contributed by atoms with Gasteiger partial charge in [-0.1, -0.05) is 13.0 Å². The fraction of sp³-hybridized carbons (Fsp3) is 0.591. The topological polar surface area (TPSA) is 69.7 Å². The summed E-state index contributed by atoms with van der Waals surface area (Å²) in [5, 5.41) is 0. The Balaban J connectivity index is 1.54. The van der Waals surface area contributed by atoms with E-state index < -0.39 is 41.6 Å². The molecular formula is C22H20F6O5. The molecule has 0 aliphatic heterocycles. The smallest absolute Gasteiger partial charge is 0.448 e. The number of aryl methyl sites for hydroxylation is 1. The first-order chi connectivity index (χ1) is 15.2. The minimum atomic E-state index is -5.19. The average molecular weight is 478 g/mol.